The average molecular weight is 262 g/mol. The zero-order valence-corrected chi connectivity index (χ0v) is 10.9. The van der Waals surface area contributed by atoms with Crippen LogP contribution in [-0.2, 0) is 0 Å². The van der Waals surface area contributed by atoms with Gasteiger partial charge < -0.3 is 10.1 Å². The molecule has 0 bridgehead atoms. The molecule has 0 atom stereocenters. The van der Waals surface area contributed by atoms with Crippen LogP contribution in [0.5, 0.6) is 11.5 Å². The van der Waals surface area contributed by atoms with Crippen LogP contribution in [-0.4, -0.2) is 4.98 Å². The maximum absolute atomic E-state index is 5.74. The Bertz CT molecular complexity index is 591. The van der Waals surface area contributed by atoms with Crippen molar-refractivity contribution in [3.8, 4) is 11.5 Å². The highest BCUT2D eigenvalue weighted by molar-refractivity contribution is 5.57. The number of rotatable bonds is 4. The highest BCUT2D eigenvalue weighted by Gasteiger charge is 1.98. The molecule has 1 heterocycles. The van der Waals surface area contributed by atoms with Crippen molar-refractivity contribution in [1.82, 2.24) is 4.98 Å². The van der Waals surface area contributed by atoms with E-state index in [4.69, 9.17) is 4.74 Å². The smallest absolute Gasteiger partial charge is 0.130 e. The molecule has 0 amide bonds. The van der Waals surface area contributed by atoms with E-state index in [1.807, 2.05) is 72.8 Å². The Morgan fingerprint density at radius 3 is 2.10 bits per heavy atom. The van der Waals surface area contributed by atoms with Gasteiger partial charge in [-0.2, -0.15) is 0 Å². The predicted octanol–water partition coefficient (Wildman–Crippen LogP) is 4.62. The van der Waals surface area contributed by atoms with Crippen LogP contribution in [0.25, 0.3) is 0 Å². The summed E-state index contributed by atoms with van der Waals surface area (Å²) in [5.41, 5.74) is 0.976. The second kappa shape index (κ2) is 5.89. The molecule has 0 aliphatic carbocycles. The summed E-state index contributed by atoms with van der Waals surface area (Å²) in [6, 6.07) is 23.3. The van der Waals surface area contributed by atoms with Crippen molar-refractivity contribution in [3.63, 3.8) is 0 Å². The van der Waals surface area contributed by atoms with Crippen LogP contribution in [0.3, 0.4) is 0 Å². The van der Waals surface area contributed by atoms with E-state index in [1.165, 1.54) is 0 Å². The van der Waals surface area contributed by atoms with Crippen LogP contribution < -0.4 is 10.1 Å². The topological polar surface area (TPSA) is 34.1 Å². The maximum Gasteiger partial charge on any atom is 0.130 e. The Morgan fingerprint density at radius 1 is 0.700 bits per heavy atom. The van der Waals surface area contributed by atoms with E-state index in [0.29, 0.717) is 0 Å². The largest absolute Gasteiger partial charge is 0.457 e. The van der Waals surface area contributed by atoms with E-state index in [-0.39, 0.29) is 0 Å². The third kappa shape index (κ3) is 3.14. The summed E-state index contributed by atoms with van der Waals surface area (Å²) in [6.07, 6.45) is 1.76. The molecule has 20 heavy (non-hydrogen) atoms. The Balaban J connectivity index is 1.69. The quantitative estimate of drug-likeness (QED) is 0.745. The molecule has 3 heteroatoms. The molecule has 3 aromatic rings. The van der Waals surface area contributed by atoms with Crippen LogP contribution >= 0.6 is 0 Å². The number of nitrogens with zero attached hydrogens (tertiary/aromatic N) is 1. The zero-order valence-electron chi connectivity index (χ0n) is 10.9. The third-order valence-electron chi connectivity index (χ3n) is 2.77. The lowest BCUT2D eigenvalue weighted by atomic mass is 10.3. The minimum Gasteiger partial charge on any atom is -0.457 e. The van der Waals surface area contributed by atoms with Crippen molar-refractivity contribution in [2.24, 2.45) is 0 Å². The monoisotopic (exact) mass is 262 g/mol. The predicted molar refractivity (Wildman–Crippen MR) is 80.5 cm³/mol. The Hall–Kier alpha value is -2.81. The number of hydrogen-bond acceptors (Lipinski definition) is 3. The molecule has 0 unspecified atom stereocenters. The van der Waals surface area contributed by atoms with Gasteiger partial charge in [-0.1, -0.05) is 24.3 Å². The average Bonchev–Trinajstić information content (AvgIpc) is 2.51. The number of hydrogen-bond donors (Lipinski definition) is 1. The zero-order chi connectivity index (χ0) is 13.6. The maximum atomic E-state index is 5.74. The van der Waals surface area contributed by atoms with E-state index in [9.17, 15) is 0 Å². The van der Waals surface area contributed by atoms with Crippen LogP contribution in [0.1, 0.15) is 0 Å². The minimum absolute atomic E-state index is 0.808. The fourth-order valence-corrected chi connectivity index (χ4v) is 1.82. The summed E-state index contributed by atoms with van der Waals surface area (Å²) in [7, 11) is 0. The molecule has 3 rings (SSSR count). The second-order valence-electron chi connectivity index (χ2n) is 4.28. The second-order valence-corrected chi connectivity index (χ2v) is 4.28. The van der Waals surface area contributed by atoms with Gasteiger partial charge in [0.25, 0.3) is 0 Å². The Morgan fingerprint density at radius 2 is 1.40 bits per heavy atom. The molecule has 0 aliphatic rings. The number of para-hydroxylation sites is 1. The molecule has 0 aliphatic heterocycles. The molecule has 0 fully saturated rings. The van der Waals surface area contributed by atoms with Gasteiger partial charge in [0, 0.05) is 11.9 Å². The number of benzene rings is 2. The van der Waals surface area contributed by atoms with Gasteiger partial charge in [-0.05, 0) is 48.5 Å². The lowest BCUT2D eigenvalue weighted by molar-refractivity contribution is 0.483. The minimum atomic E-state index is 0.808. The number of pyridine rings is 1. The van der Waals surface area contributed by atoms with E-state index < -0.39 is 0 Å². The standard InChI is InChI=1S/C17H14N2O/c1-2-6-15(7-3-1)20-16-11-9-14(10-12-16)19-17-8-4-5-13-18-17/h1-13H,(H,18,19). The van der Waals surface area contributed by atoms with Gasteiger partial charge in [0.15, 0.2) is 0 Å². The first-order valence-electron chi connectivity index (χ1n) is 6.41. The van der Waals surface area contributed by atoms with Crippen LogP contribution in [0.2, 0.25) is 0 Å². The molecule has 0 saturated heterocycles. The molecule has 1 aromatic heterocycles. The lowest BCUT2D eigenvalue weighted by Crippen LogP contribution is -1.92. The van der Waals surface area contributed by atoms with Gasteiger partial charge in [-0.15, -0.1) is 0 Å². The summed E-state index contributed by atoms with van der Waals surface area (Å²) in [6.45, 7) is 0. The van der Waals surface area contributed by atoms with Gasteiger partial charge >= 0.3 is 0 Å². The van der Waals surface area contributed by atoms with Crippen molar-refractivity contribution in [3.05, 3.63) is 79.0 Å². The van der Waals surface area contributed by atoms with Gasteiger partial charge in [0.05, 0.1) is 0 Å². The number of ether oxygens (including phenoxy) is 1. The SMILES string of the molecule is c1ccc(Oc2ccc(Nc3ccccn3)cc2)cc1. The molecule has 0 radical (unpaired) electrons. The molecule has 2 aromatic carbocycles. The van der Waals surface area contributed by atoms with E-state index in [1.54, 1.807) is 6.20 Å². The first kappa shape index (κ1) is 12.2. The van der Waals surface area contributed by atoms with Crippen molar-refractivity contribution in [1.29, 1.82) is 0 Å². The molecular formula is C17H14N2O. The first-order chi connectivity index (χ1) is 9.90. The summed E-state index contributed by atoms with van der Waals surface area (Å²) < 4.78 is 5.74. The van der Waals surface area contributed by atoms with Crippen molar-refractivity contribution in [2.75, 3.05) is 5.32 Å². The van der Waals surface area contributed by atoms with Gasteiger partial charge in [-0.25, -0.2) is 4.98 Å². The molecule has 0 saturated carbocycles. The molecule has 0 spiro atoms. The van der Waals surface area contributed by atoms with Crippen molar-refractivity contribution < 1.29 is 4.74 Å². The fourth-order valence-electron chi connectivity index (χ4n) is 1.82. The fraction of sp³-hybridized carbons (Fsp3) is 0. The van der Waals surface area contributed by atoms with Gasteiger partial charge in [0.1, 0.15) is 17.3 Å². The summed E-state index contributed by atoms with van der Waals surface area (Å²) in [5.74, 6) is 2.46. The summed E-state index contributed by atoms with van der Waals surface area (Å²) in [5, 5.41) is 3.23. The molecule has 1 N–H and O–H groups in total. The number of nitrogens with one attached hydrogen (secondary N) is 1. The molecule has 3 nitrogen and oxygen atoms in total. The third-order valence-corrected chi connectivity index (χ3v) is 2.77. The highest BCUT2D eigenvalue weighted by atomic mass is 16.5. The van der Waals surface area contributed by atoms with E-state index >= 15 is 0 Å². The van der Waals surface area contributed by atoms with E-state index in [2.05, 4.69) is 10.3 Å². The Kier molecular flexibility index (Phi) is 3.60. The summed E-state index contributed by atoms with van der Waals surface area (Å²) in [4.78, 5) is 4.22. The van der Waals surface area contributed by atoms with Crippen LogP contribution in [0.4, 0.5) is 11.5 Å². The van der Waals surface area contributed by atoms with E-state index in [0.717, 1.165) is 23.0 Å². The molecular weight excluding hydrogens is 248 g/mol. The molecule has 98 valence electrons. The normalized spacial score (nSPS) is 10.0. The number of aromatic nitrogens is 1. The van der Waals surface area contributed by atoms with Gasteiger partial charge in [-0.3, -0.25) is 0 Å². The van der Waals surface area contributed by atoms with Gasteiger partial charge in [0.2, 0.25) is 0 Å². The first-order valence-corrected chi connectivity index (χ1v) is 6.41. The highest BCUT2D eigenvalue weighted by Crippen LogP contribution is 2.23. The summed E-state index contributed by atoms with van der Waals surface area (Å²) >= 11 is 0. The van der Waals surface area contributed by atoms with Crippen LogP contribution in [0.15, 0.2) is 79.0 Å². The Labute approximate surface area is 117 Å². The van der Waals surface area contributed by atoms with Crippen molar-refractivity contribution in [2.45, 2.75) is 0 Å². The van der Waals surface area contributed by atoms with Crippen molar-refractivity contribution >= 4 is 11.5 Å². The lowest BCUT2D eigenvalue weighted by Gasteiger charge is -2.08. The number of anilines is 2. The van der Waals surface area contributed by atoms with Crippen LogP contribution in [0, 0.1) is 0 Å².